The van der Waals surface area contributed by atoms with E-state index in [1.165, 1.54) is 44.1 Å². The summed E-state index contributed by atoms with van der Waals surface area (Å²) in [7, 11) is 0. The molecule has 0 amide bonds. The Labute approximate surface area is 99.3 Å². The predicted octanol–water partition coefficient (Wildman–Crippen LogP) is 4.08. The maximum Gasteiger partial charge on any atom is 0.104 e. The molecule has 3 aliphatic rings. The monoisotopic (exact) mass is 220 g/mol. The standard InChI is InChI=1S/C15H24O/c1-11(2)12-6-9-13(3)7-5-8-14(4)15(13,10-12)16-14/h12H,1,5-10H2,2-4H3/t12-,13-,14?,15?/m1/s1. The van der Waals surface area contributed by atoms with Crippen LogP contribution in [0.1, 0.15) is 59.3 Å². The van der Waals surface area contributed by atoms with Crippen LogP contribution >= 0.6 is 0 Å². The molecule has 0 N–H and O–H groups in total. The van der Waals surface area contributed by atoms with E-state index in [2.05, 4.69) is 27.4 Å². The Bertz CT molecular complexity index is 347. The molecule has 16 heavy (non-hydrogen) atoms. The number of hydrogen-bond donors (Lipinski definition) is 0. The molecule has 3 fully saturated rings. The second-order valence-corrected chi connectivity index (χ2v) is 6.86. The van der Waals surface area contributed by atoms with E-state index in [9.17, 15) is 0 Å². The molecule has 90 valence electrons. The molecule has 0 aromatic heterocycles. The molecule has 1 saturated heterocycles. The van der Waals surface area contributed by atoms with Crippen molar-refractivity contribution >= 4 is 0 Å². The molecule has 1 aliphatic heterocycles. The smallest absolute Gasteiger partial charge is 0.104 e. The van der Waals surface area contributed by atoms with E-state index >= 15 is 0 Å². The third kappa shape index (κ3) is 1.11. The van der Waals surface area contributed by atoms with Crippen LogP contribution in [0.5, 0.6) is 0 Å². The fraction of sp³-hybridized carbons (Fsp3) is 0.867. The summed E-state index contributed by atoms with van der Waals surface area (Å²) in [6.45, 7) is 11.1. The molecular weight excluding hydrogens is 196 g/mol. The Morgan fingerprint density at radius 1 is 1.25 bits per heavy atom. The number of ether oxygens (including phenoxy) is 1. The molecule has 1 nitrogen and oxygen atoms in total. The second kappa shape index (κ2) is 2.93. The highest BCUT2D eigenvalue weighted by Crippen LogP contribution is 2.71. The van der Waals surface area contributed by atoms with Gasteiger partial charge in [-0.05, 0) is 63.7 Å². The highest BCUT2D eigenvalue weighted by atomic mass is 16.6. The molecule has 2 unspecified atom stereocenters. The zero-order valence-electron chi connectivity index (χ0n) is 10.9. The van der Waals surface area contributed by atoms with Gasteiger partial charge in [0.1, 0.15) is 5.60 Å². The molecule has 1 heterocycles. The second-order valence-electron chi connectivity index (χ2n) is 6.86. The zero-order valence-corrected chi connectivity index (χ0v) is 10.9. The molecule has 4 atom stereocenters. The Morgan fingerprint density at radius 3 is 2.69 bits per heavy atom. The van der Waals surface area contributed by atoms with Crippen LogP contribution in [-0.2, 0) is 4.74 Å². The third-order valence-electron chi connectivity index (χ3n) is 5.84. The number of allylic oxidation sites excluding steroid dienone is 1. The lowest BCUT2D eigenvalue weighted by Crippen LogP contribution is -2.48. The summed E-state index contributed by atoms with van der Waals surface area (Å²) in [4.78, 5) is 0. The fourth-order valence-corrected chi connectivity index (χ4v) is 4.58. The molecule has 0 aromatic rings. The highest BCUT2D eigenvalue weighted by molar-refractivity contribution is 5.26. The summed E-state index contributed by atoms with van der Waals surface area (Å²) in [5, 5.41) is 0. The van der Waals surface area contributed by atoms with E-state index in [-0.39, 0.29) is 11.2 Å². The first-order valence-electron chi connectivity index (χ1n) is 6.78. The van der Waals surface area contributed by atoms with Crippen molar-refractivity contribution in [1.82, 2.24) is 0 Å². The van der Waals surface area contributed by atoms with Crippen molar-refractivity contribution in [3.8, 4) is 0 Å². The normalized spacial score (nSPS) is 55.1. The van der Waals surface area contributed by atoms with E-state index in [1.807, 2.05) is 0 Å². The summed E-state index contributed by atoms with van der Waals surface area (Å²) < 4.78 is 6.30. The largest absolute Gasteiger partial charge is 0.362 e. The topological polar surface area (TPSA) is 12.5 Å². The van der Waals surface area contributed by atoms with Crippen LogP contribution in [0.2, 0.25) is 0 Å². The van der Waals surface area contributed by atoms with Crippen LogP contribution in [0.4, 0.5) is 0 Å². The summed E-state index contributed by atoms with van der Waals surface area (Å²) in [5.74, 6) is 0.702. The van der Waals surface area contributed by atoms with Crippen LogP contribution in [0, 0.1) is 11.3 Å². The van der Waals surface area contributed by atoms with Crippen LogP contribution in [-0.4, -0.2) is 11.2 Å². The fourth-order valence-electron chi connectivity index (χ4n) is 4.58. The predicted molar refractivity (Wildman–Crippen MR) is 66.3 cm³/mol. The molecule has 2 aliphatic carbocycles. The maximum absolute atomic E-state index is 6.30. The molecule has 0 bridgehead atoms. The van der Waals surface area contributed by atoms with Gasteiger partial charge in [0, 0.05) is 0 Å². The first kappa shape index (κ1) is 10.8. The van der Waals surface area contributed by atoms with Crippen molar-refractivity contribution in [2.75, 3.05) is 0 Å². The molecule has 1 spiro atoms. The Morgan fingerprint density at radius 2 is 2.00 bits per heavy atom. The molecule has 1 heteroatoms. The van der Waals surface area contributed by atoms with Crippen LogP contribution < -0.4 is 0 Å². The van der Waals surface area contributed by atoms with Gasteiger partial charge in [-0.3, -0.25) is 0 Å². The molecule has 0 radical (unpaired) electrons. The molecule has 3 rings (SSSR count). The lowest BCUT2D eigenvalue weighted by atomic mass is 9.54. The lowest BCUT2D eigenvalue weighted by Gasteiger charge is -2.47. The van der Waals surface area contributed by atoms with Crippen molar-refractivity contribution in [2.24, 2.45) is 11.3 Å². The van der Waals surface area contributed by atoms with Gasteiger partial charge >= 0.3 is 0 Å². The van der Waals surface area contributed by atoms with Crippen molar-refractivity contribution in [3.63, 3.8) is 0 Å². The van der Waals surface area contributed by atoms with Crippen molar-refractivity contribution in [2.45, 2.75) is 70.5 Å². The minimum Gasteiger partial charge on any atom is -0.362 e. The van der Waals surface area contributed by atoms with E-state index in [0.29, 0.717) is 11.3 Å². The summed E-state index contributed by atoms with van der Waals surface area (Å²) in [5.41, 5.74) is 2.22. The Kier molecular flexibility index (Phi) is 1.98. The van der Waals surface area contributed by atoms with Crippen molar-refractivity contribution in [1.29, 1.82) is 0 Å². The van der Waals surface area contributed by atoms with Crippen LogP contribution in [0.15, 0.2) is 12.2 Å². The molecule has 0 aromatic carbocycles. The van der Waals surface area contributed by atoms with Gasteiger partial charge in [0.15, 0.2) is 0 Å². The molecule has 2 saturated carbocycles. The van der Waals surface area contributed by atoms with E-state index in [0.717, 1.165) is 0 Å². The van der Waals surface area contributed by atoms with Gasteiger partial charge in [-0.25, -0.2) is 0 Å². The number of epoxide rings is 1. The SMILES string of the molecule is C=C(C)[C@@H]1CC[C@@]2(C)CCCC3(C)OC32C1. The van der Waals surface area contributed by atoms with E-state index in [4.69, 9.17) is 4.74 Å². The zero-order chi connectivity index (χ0) is 11.6. The average Bonchev–Trinajstić information content (AvgIpc) is 2.80. The number of rotatable bonds is 1. The summed E-state index contributed by atoms with van der Waals surface area (Å²) >= 11 is 0. The van der Waals surface area contributed by atoms with Gasteiger partial charge in [0.05, 0.1) is 5.60 Å². The first-order valence-corrected chi connectivity index (χ1v) is 6.78. The van der Waals surface area contributed by atoms with E-state index in [1.54, 1.807) is 0 Å². The summed E-state index contributed by atoms with van der Waals surface area (Å²) in [6, 6.07) is 0. The average molecular weight is 220 g/mol. The van der Waals surface area contributed by atoms with Gasteiger partial charge < -0.3 is 4.74 Å². The van der Waals surface area contributed by atoms with Gasteiger partial charge in [-0.1, -0.05) is 19.1 Å². The first-order chi connectivity index (χ1) is 7.43. The Balaban J connectivity index is 1.92. The quantitative estimate of drug-likeness (QED) is 0.479. The summed E-state index contributed by atoms with van der Waals surface area (Å²) in [6.07, 6.45) is 7.88. The van der Waals surface area contributed by atoms with Gasteiger partial charge in [0.2, 0.25) is 0 Å². The minimum atomic E-state index is 0.203. The van der Waals surface area contributed by atoms with Crippen molar-refractivity contribution < 1.29 is 4.74 Å². The van der Waals surface area contributed by atoms with Gasteiger partial charge in [-0.15, -0.1) is 0 Å². The lowest BCUT2D eigenvalue weighted by molar-refractivity contribution is 0.0348. The van der Waals surface area contributed by atoms with Crippen LogP contribution in [0.3, 0.4) is 0 Å². The number of hydrogen-bond acceptors (Lipinski definition) is 1. The van der Waals surface area contributed by atoms with Gasteiger partial charge in [0.25, 0.3) is 0 Å². The molecular formula is C15H24O. The highest BCUT2D eigenvalue weighted by Gasteiger charge is 2.76. The van der Waals surface area contributed by atoms with Crippen molar-refractivity contribution in [3.05, 3.63) is 12.2 Å². The van der Waals surface area contributed by atoms with Crippen LogP contribution in [0.25, 0.3) is 0 Å². The Hall–Kier alpha value is -0.300. The minimum absolute atomic E-state index is 0.203. The van der Waals surface area contributed by atoms with Gasteiger partial charge in [-0.2, -0.15) is 0 Å². The van der Waals surface area contributed by atoms with E-state index < -0.39 is 0 Å². The third-order valence-corrected chi connectivity index (χ3v) is 5.84. The maximum atomic E-state index is 6.30.